The molecule has 0 aliphatic carbocycles. The maximum Gasteiger partial charge on any atom is 0.410 e. The summed E-state index contributed by atoms with van der Waals surface area (Å²) in [5.74, 6) is -0.538. The lowest BCUT2D eigenvalue weighted by atomic mass is 10.00. The molecule has 0 unspecified atom stereocenters. The second kappa shape index (κ2) is 8.75. The summed E-state index contributed by atoms with van der Waals surface area (Å²) >= 11 is 0. The third-order valence-corrected chi connectivity index (χ3v) is 4.98. The van der Waals surface area contributed by atoms with E-state index in [1.807, 2.05) is 6.92 Å². The predicted molar refractivity (Wildman–Crippen MR) is 112 cm³/mol. The SMILES string of the molecule is C[C@@H]1Cc2[nH]nc(C(=O)N(C)OC(C)(C)COS(C)(=O)=O)c2CN1C(=O)OC(C)(C)C. The van der Waals surface area contributed by atoms with Gasteiger partial charge in [0.1, 0.15) is 11.2 Å². The van der Waals surface area contributed by atoms with Crippen LogP contribution in [0.4, 0.5) is 4.79 Å². The topological polar surface area (TPSA) is 131 Å². The predicted octanol–water partition coefficient (Wildman–Crippen LogP) is 1.85. The van der Waals surface area contributed by atoms with Crippen molar-refractivity contribution in [2.75, 3.05) is 19.9 Å². The molecule has 12 heteroatoms. The monoisotopic (exact) mass is 460 g/mol. The van der Waals surface area contributed by atoms with Gasteiger partial charge in [-0.05, 0) is 41.5 Å². The second-order valence-electron chi connectivity index (χ2n) is 9.31. The first-order valence-corrected chi connectivity index (χ1v) is 11.7. The standard InChI is InChI=1S/C19H32N4O7S/c1-12-9-14-13(10-23(12)17(25)29-18(2,3)4)15(21-20-14)16(24)22(7)30-19(5,6)11-28-31(8,26)27/h12H,9-11H2,1-8H3,(H,20,21)/t12-/m1/s1. The number of H-pyrrole nitrogens is 1. The molecule has 0 saturated carbocycles. The number of hydroxylamine groups is 2. The van der Waals surface area contributed by atoms with Crippen LogP contribution in [0.5, 0.6) is 0 Å². The van der Waals surface area contributed by atoms with Crippen molar-refractivity contribution >= 4 is 22.1 Å². The normalized spacial score (nSPS) is 17.3. The van der Waals surface area contributed by atoms with E-state index in [0.717, 1.165) is 17.0 Å². The Morgan fingerprint density at radius 2 is 1.87 bits per heavy atom. The van der Waals surface area contributed by atoms with E-state index in [1.54, 1.807) is 39.5 Å². The number of hydrogen-bond acceptors (Lipinski definition) is 8. The van der Waals surface area contributed by atoms with Gasteiger partial charge in [0.05, 0.1) is 19.4 Å². The maximum atomic E-state index is 13.0. The largest absolute Gasteiger partial charge is 0.444 e. The van der Waals surface area contributed by atoms with E-state index in [0.29, 0.717) is 12.0 Å². The molecule has 1 aliphatic heterocycles. The van der Waals surface area contributed by atoms with E-state index in [1.165, 1.54) is 7.05 Å². The van der Waals surface area contributed by atoms with Crippen LogP contribution in [0.15, 0.2) is 0 Å². The molecule has 0 bridgehead atoms. The first kappa shape index (κ1) is 25.1. The summed E-state index contributed by atoms with van der Waals surface area (Å²) in [6.45, 7) is 10.3. The quantitative estimate of drug-likeness (QED) is 0.503. The second-order valence-corrected chi connectivity index (χ2v) is 11.0. The van der Waals surface area contributed by atoms with Crippen molar-refractivity contribution in [1.82, 2.24) is 20.2 Å². The highest BCUT2D eigenvalue weighted by Crippen LogP contribution is 2.27. The number of carbonyl (C=O) groups excluding carboxylic acids is 2. The highest BCUT2D eigenvalue weighted by Gasteiger charge is 2.36. The number of hydrogen-bond donors (Lipinski definition) is 1. The Balaban J connectivity index is 2.15. The minimum absolute atomic E-state index is 0.123. The molecule has 2 rings (SSSR count). The van der Waals surface area contributed by atoms with Crippen LogP contribution in [-0.4, -0.2) is 77.7 Å². The van der Waals surface area contributed by atoms with Gasteiger partial charge in [-0.1, -0.05) is 0 Å². The molecule has 1 aromatic heterocycles. The van der Waals surface area contributed by atoms with E-state index >= 15 is 0 Å². The number of carbonyl (C=O) groups is 2. The lowest BCUT2D eigenvalue weighted by molar-refractivity contribution is -0.199. The molecule has 1 aliphatic rings. The average molecular weight is 461 g/mol. The minimum Gasteiger partial charge on any atom is -0.444 e. The van der Waals surface area contributed by atoms with Gasteiger partial charge >= 0.3 is 6.09 Å². The van der Waals surface area contributed by atoms with Crippen LogP contribution >= 0.6 is 0 Å². The van der Waals surface area contributed by atoms with E-state index in [-0.39, 0.29) is 24.9 Å². The van der Waals surface area contributed by atoms with Crippen molar-refractivity contribution in [3.8, 4) is 0 Å². The Morgan fingerprint density at radius 1 is 1.26 bits per heavy atom. The summed E-state index contributed by atoms with van der Waals surface area (Å²) in [6, 6.07) is -0.133. The van der Waals surface area contributed by atoms with Gasteiger partial charge < -0.3 is 9.64 Å². The number of aromatic amines is 1. The van der Waals surface area contributed by atoms with Gasteiger partial charge in [-0.15, -0.1) is 0 Å². The molecule has 11 nitrogen and oxygen atoms in total. The van der Waals surface area contributed by atoms with Crippen LogP contribution in [-0.2, 0) is 36.8 Å². The van der Waals surface area contributed by atoms with Crippen molar-refractivity contribution in [2.45, 2.75) is 71.8 Å². The van der Waals surface area contributed by atoms with Crippen molar-refractivity contribution in [2.24, 2.45) is 0 Å². The molecule has 1 aromatic rings. The summed E-state index contributed by atoms with van der Waals surface area (Å²) in [4.78, 5) is 32.7. The number of nitrogens with one attached hydrogen (secondary N) is 1. The Labute approximate surface area is 183 Å². The molecule has 0 radical (unpaired) electrons. The van der Waals surface area contributed by atoms with Crippen molar-refractivity contribution in [1.29, 1.82) is 0 Å². The Hall–Kier alpha value is -2.18. The van der Waals surface area contributed by atoms with Gasteiger partial charge in [-0.25, -0.2) is 9.86 Å². The summed E-state index contributed by atoms with van der Waals surface area (Å²) in [5, 5.41) is 7.99. The van der Waals surface area contributed by atoms with Crippen LogP contribution in [0.1, 0.15) is 63.3 Å². The minimum atomic E-state index is -3.65. The van der Waals surface area contributed by atoms with Crippen molar-refractivity contribution in [3.05, 3.63) is 17.0 Å². The third kappa shape index (κ3) is 6.91. The lowest BCUT2D eigenvalue weighted by Crippen LogP contribution is -2.45. The van der Waals surface area contributed by atoms with Crippen LogP contribution in [0.25, 0.3) is 0 Å². The van der Waals surface area contributed by atoms with Gasteiger partial charge in [0.15, 0.2) is 5.69 Å². The van der Waals surface area contributed by atoms with Gasteiger partial charge in [0.2, 0.25) is 0 Å². The Bertz CT molecular complexity index is 934. The van der Waals surface area contributed by atoms with Crippen molar-refractivity contribution in [3.63, 3.8) is 0 Å². The first-order valence-electron chi connectivity index (χ1n) is 9.86. The van der Waals surface area contributed by atoms with Gasteiger partial charge in [-0.2, -0.15) is 13.5 Å². The van der Waals surface area contributed by atoms with Gasteiger partial charge in [-0.3, -0.25) is 18.9 Å². The number of nitrogens with zero attached hydrogens (tertiary/aromatic N) is 3. The third-order valence-electron chi connectivity index (χ3n) is 4.43. The zero-order chi connectivity index (χ0) is 23.8. The van der Waals surface area contributed by atoms with Gasteiger partial charge in [0.25, 0.3) is 16.0 Å². The molecule has 2 heterocycles. The zero-order valence-corrected chi connectivity index (χ0v) is 20.1. The van der Waals surface area contributed by atoms with E-state index in [4.69, 9.17) is 13.8 Å². The van der Waals surface area contributed by atoms with Gasteiger partial charge in [0, 0.05) is 30.8 Å². The van der Waals surface area contributed by atoms with E-state index in [2.05, 4.69) is 10.2 Å². The summed E-state index contributed by atoms with van der Waals surface area (Å²) in [7, 11) is -2.25. The number of amides is 2. The molecular weight excluding hydrogens is 428 g/mol. The fourth-order valence-corrected chi connectivity index (χ4v) is 3.55. The summed E-state index contributed by atoms with van der Waals surface area (Å²) in [5.41, 5.74) is -0.253. The molecule has 2 amide bonds. The number of rotatable bonds is 6. The molecule has 1 N–H and O–H groups in total. The number of fused-ring (bicyclic) bond motifs is 1. The molecule has 1 atom stereocenters. The fourth-order valence-electron chi connectivity index (χ4n) is 3.05. The Morgan fingerprint density at radius 3 is 2.42 bits per heavy atom. The van der Waals surface area contributed by atoms with Crippen molar-refractivity contribution < 1.29 is 31.8 Å². The van der Waals surface area contributed by atoms with Crippen LogP contribution < -0.4 is 0 Å². The Kier molecular flexibility index (Phi) is 7.08. The molecular formula is C19H32N4O7S. The van der Waals surface area contributed by atoms with Crippen LogP contribution in [0.2, 0.25) is 0 Å². The molecule has 0 aromatic carbocycles. The molecule has 0 fully saturated rings. The zero-order valence-electron chi connectivity index (χ0n) is 19.3. The maximum absolute atomic E-state index is 13.0. The first-order chi connectivity index (χ1) is 14.0. The molecule has 31 heavy (non-hydrogen) atoms. The highest BCUT2D eigenvalue weighted by molar-refractivity contribution is 7.85. The van der Waals surface area contributed by atoms with E-state index in [9.17, 15) is 18.0 Å². The summed E-state index contributed by atoms with van der Waals surface area (Å²) in [6.07, 6.45) is 0.965. The smallest absolute Gasteiger partial charge is 0.410 e. The van der Waals surface area contributed by atoms with Crippen LogP contribution in [0, 0.1) is 0 Å². The molecule has 0 saturated heterocycles. The highest BCUT2D eigenvalue weighted by atomic mass is 32.2. The van der Waals surface area contributed by atoms with Crippen LogP contribution in [0.3, 0.4) is 0 Å². The number of ether oxygens (including phenoxy) is 1. The fraction of sp³-hybridized carbons (Fsp3) is 0.737. The number of aromatic nitrogens is 2. The van der Waals surface area contributed by atoms with E-state index < -0.39 is 33.3 Å². The molecule has 176 valence electrons. The summed E-state index contributed by atoms with van der Waals surface area (Å²) < 4.78 is 32.7. The average Bonchev–Trinajstić information content (AvgIpc) is 2.98. The lowest BCUT2D eigenvalue weighted by Gasteiger charge is -2.35. The molecule has 0 spiro atoms.